The van der Waals surface area contributed by atoms with E-state index in [1.807, 2.05) is 18.2 Å². The first-order valence-electron chi connectivity index (χ1n) is 9.42. The van der Waals surface area contributed by atoms with E-state index >= 15 is 0 Å². The molecular weight excluding hydrogens is 456 g/mol. The zero-order chi connectivity index (χ0) is 20.4. The summed E-state index contributed by atoms with van der Waals surface area (Å²) < 4.78 is 33.2. The van der Waals surface area contributed by atoms with Gasteiger partial charge in [-0.05, 0) is 47.5 Å². The lowest BCUT2D eigenvalue weighted by molar-refractivity contribution is -0.127. The Kier molecular flexibility index (Phi) is 5.76. The molecule has 29 heavy (non-hydrogen) atoms. The van der Waals surface area contributed by atoms with Gasteiger partial charge in [-0.25, -0.2) is 8.42 Å². The zero-order valence-corrected chi connectivity index (χ0v) is 18.2. The second kappa shape index (κ2) is 8.30. The van der Waals surface area contributed by atoms with E-state index < -0.39 is 10.0 Å². The minimum Gasteiger partial charge on any atom is -0.493 e. The molecule has 2 aromatic carbocycles. The summed E-state index contributed by atoms with van der Waals surface area (Å²) in [6.07, 6.45) is 4.24. The topological polar surface area (TPSA) is 66.9 Å². The standard InChI is InChI=1S/C21H21BrN2O4S/c22-18-2-1-3-19(15-18)29(26,27)24-11-9-23(10-12-24)21(25)7-5-16-4-6-20-17(14-16)8-13-28-20/h1-7,14-15H,8-13H2/b7-5+. The van der Waals surface area contributed by atoms with Gasteiger partial charge in [0.15, 0.2) is 0 Å². The highest BCUT2D eigenvalue weighted by atomic mass is 79.9. The van der Waals surface area contributed by atoms with Crippen molar-refractivity contribution in [1.29, 1.82) is 0 Å². The predicted octanol–water partition coefficient (Wildman–Crippen LogP) is 2.93. The molecular formula is C21H21BrN2O4S. The van der Waals surface area contributed by atoms with Crippen LogP contribution in [-0.2, 0) is 21.2 Å². The van der Waals surface area contributed by atoms with E-state index in [2.05, 4.69) is 15.9 Å². The van der Waals surface area contributed by atoms with Gasteiger partial charge in [0.2, 0.25) is 15.9 Å². The summed E-state index contributed by atoms with van der Waals surface area (Å²) in [7, 11) is -3.56. The van der Waals surface area contributed by atoms with Gasteiger partial charge >= 0.3 is 0 Å². The molecule has 0 saturated carbocycles. The first-order valence-corrected chi connectivity index (χ1v) is 11.7. The Labute approximate surface area is 178 Å². The molecule has 152 valence electrons. The fourth-order valence-electron chi connectivity index (χ4n) is 3.51. The lowest BCUT2D eigenvalue weighted by Gasteiger charge is -2.33. The number of carbonyl (C=O) groups excluding carboxylic acids is 1. The molecule has 0 unspecified atom stereocenters. The van der Waals surface area contributed by atoms with Gasteiger partial charge in [-0.15, -0.1) is 0 Å². The van der Waals surface area contributed by atoms with E-state index in [1.165, 1.54) is 4.31 Å². The highest BCUT2D eigenvalue weighted by molar-refractivity contribution is 9.10. The fraction of sp³-hybridized carbons (Fsp3) is 0.286. The van der Waals surface area contributed by atoms with E-state index in [-0.39, 0.29) is 23.9 Å². The number of nitrogens with zero attached hydrogens (tertiary/aromatic N) is 2. The van der Waals surface area contributed by atoms with Crippen LogP contribution in [0.2, 0.25) is 0 Å². The number of piperazine rings is 1. The lowest BCUT2D eigenvalue weighted by Crippen LogP contribution is -2.50. The molecule has 4 rings (SSSR count). The first-order chi connectivity index (χ1) is 13.9. The van der Waals surface area contributed by atoms with Crippen LogP contribution in [0.1, 0.15) is 11.1 Å². The van der Waals surface area contributed by atoms with Crippen molar-refractivity contribution in [2.24, 2.45) is 0 Å². The van der Waals surface area contributed by atoms with Crippen molar-refractivity contribution >= 4 is 37.9 Å². The number of carbonyl (C=O) groups is 1. The molecule has 0 atom stereocenters. The van der Waals surface area contributed by atoms with E-state index in [0.29, 0.717) is 19.7 Å². The molecule has 1 amide bonds. The maximum absolute atomic E-state index is 12.8. The number of fused-ring (bicyclic) bond motifs is 1. The van der Waals surface area contributed by atoms with Crippen molar-refractivity contribution in [3.05, 3.63) is 64.1 Å². The minimum absolute atomic E-state index is 0.110. The minimum atomic E-state index is -3.56. The zero-order valence-electron chi connectivity index (χ0n) is 15.8. The van der Waals surface area contributed by atoms with Crippen molar-refractivity contribution in [1.82, 2.24) is 9.21 Å². The second-order valence-electron chi connectivity index (χ2n) is 6.99. The van der Waals surface area contributed by atoms with Crippen LogP contribution < -0.4 is 4.74 Å². The third kappa shape index (κ3) is 4.39. The van der Waals surface area contributed by atoms with Gasteiger partial charge < -0.3 is 9.64 Å². The predicted molar refractivity (Wildman–Crippen MR) is 114 cm³/mol. The molecule has 0 bridgehead atoms. The number of hydrogen-bond acceptors (Lipinski definition) is 4. The number of rotatable bonds is 4. The van der Waals surface area contributed by atoms with E-state index in [1.54, 1.807) is 41.3 Å². The van der Waals surface area contributed by atoms with Gasteiger partial charge in [0.25, 0.3) is 0 Å². The maximum Gasteiger partial charge on any atom is 0.246 e. The number of benzene rings is 2. The van der Waals surface area contributed by atoms with Crippen molar-refractivity contribution in [3.63, 3.8) is 0 Å². The Morgan fingerprint density at radius 1 is 1.07 bits per heavy atom. The molecule has 1 fully saturated rings. The Hall–Kier alpha value is -2.16. The molecule has 2 aliphatic rings. The van der Waals surface area contributed by atoms with Crippen LogP contribution in [0.4, 0.5) is 0 Å². The van der Waals surface area contributed by atoms with Crippen LogP contribution in [0.5, 0.6) is 5.75 Å². The van der Waals surface area contributed by atoms with Gasteiger partial charge in [0.1, 0.15) is 5.75 Å². The number of hydrogen-bond donors (Lipinski definition) is 0. The Balaban J connectivity index is 1.37. The van der Waals surface area contributed by atoms with E-state index in [9.17, 15) is 13.2 Å². The van der Waals surface area contributed by atoms with Crippen LogP contribution in [0.25, 0.3) is 6.08 Å². The molecule has 8 heteroatoms. The molecule has 1 saturated heterocycles. The lowest BCUT2D eigenvalue weighted by atomic mass is 10.1. The molecule has 6 nitrogen and oxygen atoms in total. The monoisotopic (exact) mass is 476 g/mol. The van der Waals surface area contributed by atoms with E-state index in [0.717, 1.165) is 27.8 Å². The highest BCUT2D eigenvalue weighted by Crippen LogP contribution is 2.26. The third-order valence-corrected chi connectivity index (χ3v) is 7.50. The Morgan fingerprint density at radius 3 is 2.62 bits per heavy atom. The van der Waals surface area contributed by atoms with Gasteiger partial charge in [0.05, 0.1) is 11.5 Å². The summed E-state index contributed by atoms with van der Waals surface area (Å²) in [6, 6.07) is 12.6. The largest absolute Gasteiger partial charge is 0.493 e. The third-order valence-electron chi connectivity index (χ3n) is 5.12. The molecule has 0 aliphatic carbocycles. The molecule has 2 heterocycles. The van der Waals surface area contributed by atoms with Crippen molar-refractivity contribution in [2.45, 2.75) is 11.3 Å². The molecule has 0 spiro atoms. The molecule has 0 aromatic heterocycles. The van der Waals surface area contributed by atoms with Gasteiger partial charge in [-0.3, -0.25) is 4.79 Å². The van der Waals surface area contributed by atoms with E-state index in [4.69, 9.17) is 4.74 Å². The van der Waals surface area contributed by atoms with Crippen LogP contribution >= 0.6 is 15.9 Å². The summed E-state index contributed by atoms with van der Waals surface area (Å²) in [6.45, 7) is 2.01. The molecule has 2 aliphatic heterocycles. The smallest absolute Gasteiger partial charge is 0.246 e. The van der Waals surface area contributed by atoms with Gasteiger partial charge in [-0.2, -0.15) is 4.31 Å². The summed E-state index contributed by atoms with van der Waals surface area (Å²) in [5.74, 6) is 0.803. The average Bonchev–Trinajstić information content (AvgIpc) is 3.20. The summed E-state index contributed by atoms with van der Waals surface area (Å²) >= 11 is 3.31. The Bertz CT molecular complexity index is 1060. The van der Waals surface area contributed by atoms with Crippen LogP contribution in [0.15, 0.2) is 57.9 Å². The van der Waals surface area contributed by atoms with Crippen LogP contribution in [0.3, 0.4) is 0 Å². The maximum atomic E-state index is 12.8. The highest BCUT2D eigenvalue weighted by Gasteiger charge is 2.29. The van der Waals surface area contributed by atoms with Gasteiger partial charge in [0, 0.05) is 43.1 Å². The SMILES string of the molecule is O=C(/C=C/c1ccc2c(c1)CCO2)N1CCN(S(=O)(=O)c2cccc(Br)c2)CC1. The second-order valence-corrected chi connectivity index (χ2v) is 9.84. The summed E-state index contributed by atoms with van der Waals surface area (Å²) in [5.41, 5.74) is 2.12. The molecule has 2 aromatic rings. The van der Waals surface area contributed by atoms with Crippen molar-refractivity contribution in [3.8, 4) is 5.75 Å². The summed E-state index contributed by atoms with van der Waals surface area (Å²) in [4.78, 5) is 14.5. The quantitative estimate of drug-likeness (QED) is 0.636. The number of ether oxygens (including phenoxy) is 1. The molecule has 0 radical (unpaired) electrons. The summed E-state index contributed by atoms with van der Waals surface area (Å²) in [5, 5.41) is 0. The number of sulfonamides is 1. The van der Waals surface area contributed by atoms with Crippen LogP contribution in [0, 0.1) is 0 Å². The Morgan fingerprint density at radius 2 is 1.86 bits per heavy atom. The first kappa shape index (κ1) is 20.1. The number of halogens is 1. The normalized spacial score (nSPS) is 17.3. The van der Waals surface area contributed by atoms with Crippen LogP contribution in [-0.4, -0.2) is 56.3 Å². The van der Waals surface area contributed by atoms with Crippen molar-refractivity contribution in [2.75, 3.05) is 32.8 Å². The molecule has 0 N–H and O–H groups in total. The van der Waals surface area contributed by atoms with Gasteiger partial charge in [-0.1, -0.05) is 28.1 Å². The van der Waals surface area contributed by atoms with Crippen molar-refractivity contribution < 1.29 is 17.9 Å². The fourth-order valence-corrected chi connectivity index (χ4v) is 5.53. The number of amides is 1. The average molecular weight is 477 g/mol.